The first-order chi connectivity index (χ1) is 18.1. The zero-order chi connectivity index (χ0) is 25.4. The number of H-pyrrole nitrogens is 2. The van der Waals surface area contributed by atoms with Gasteiger partial charge in [0, 0.05) is 52.5 Å². The number of carbonyl (C=O) groups is 1. The number of halogens is 1. The van der Waals surface area contributed by atoms with Crippen LogP contribution in [0.3, 0.4) is 0 Å². The van der Waals surface area contributed by atoms with E-state index in [-0.39, 0.29) is 11.7 Å². The van der Waals surface area contributed by atoms with Gasteiger partial charge >= 0.3 is 0 Å². The lowest BCUT2D eigenvalue weighted by molar-refractivity contribution is -0.116. The van der Waals surface area contributed by atoms with Crippen molar-refractivity contribution in [3.05, 3.63) is 79.3 Å². The first-order valence-electron chi connectivity index (χ1n) is 11.9. The van der Waals surface area contributed by atoms with Crippen molar-refractivity contribution < 1.29 is 9.18 Å². The number of benzene rings is 1. The smallest absolute Gasteiger partial charge is 0.224 e. The molecule has 1 aromatic carbocycles. The lowest BCUT2D eigenvalue weighted by atomic mass is 10.0. The Bertz CT molecular complexity index is 1750. The maximum absolute atomic E-state index is 13.5. The zero-order valence-electron chi connectivity index (χ0n) is 19.9. The van der Waals surface area contributed by atoms with Gasteiger partial charge in [-0.15, -0.1) is 0 Å². The van der Waals surface area contributed by atoms with E-state index in [0.29, 0.717) is 17.8 Å². The van der Waals surface area contributed by atoms with Gasteiger partial charge in [-0.25, -0.2) is 9.37 Å². The molecule has 0 atom stereocenters. The van der Waals surface area contributed by atoms with E-state index in [2.05, 4.69) is 35.5 Å². The number of carbonyl (C=O) groups excluding carboxylic acids is 1. The van der Waals surface area contributed by atoms with Gasteiger partial charge < -0.3 is 10.3 Å². The fraction of sp³-hybridized carbons (Fsp3) is 0.107. The molecule has 6 rings (SSSR count). The van der Waals surface area contributed by atoms with Crippen LogP contribution in [0.5, 0.6) is 0 Å². The van der Waals surface area contributed by atoms with Crippen LogP contribution >= 0.6 is 0 Å². The number of nitrogens with one attached hydrogen (secondary N) is 3. The molecule has 0 aliphatic heterocycles. The van der Waals surface area contributed by atoms with Gasteiger partial charge in [-0.3, -0.25) is 19.9 Å². The average Bonchev–Trinajstić information content (AvgIpc) is 3.53. The van der Waals surface area contributed by atoms with Crippen molar-refractivity contribution in [2.24, 2.45) is 0 Å². The minimum Gasteiger partial charge on any atom is -0.352 e. The van der Waals surface area contributed by atoms with Gasteiger partial charge in [0.05, 0.1) is 35.0 Å². The Kier molecular flexibility index (Phi) is 5.65. The highest BCUT2D eigenvalue weighted by molar-refractivity contribution is 6.00. The number of aromatic amines is 2. The van der Waals surface area contributed by atoms with Crippen LogP contribution in [0.2, 0.25) is 0 Å². The lowest BCUT2D eigenvalue weighted by Crippen LogP contribution is -2.10. The Hall–Kier alpha value is -4.92. The Morgan fingerprint density at radius 3 is 2.57 bits per heavy atom. The van der Waals surface area contributed by atoms with Crippen molar-refractivity contribution in [2.75, 3.05) is 5.32 Å². The van der Waals surface area contributed by atoms with Crippen molar-refractivity contribution in [3.63, 3.8) is 0 Å². The van der Waals surface area contributed by atoms with Crippen LogP contribution in [-0.4, -0.2) is 36.0 Å². The van der Waals surface area contributed by atoms with E-state index < -0.39 is 0 Å². The molecule has 0 aliphatic rings. The van der Waals surface area contributed by atoms with Gasteiger partial charge in [-0.2, -0.15) is 5.10 Å². The third-order valence-corrected chi connectivity index (χ3v) is 6.21. The van der Waals surface area contributed by atoms with Gasteiger partial charge in [-0.05, 0) is 42.3 Å². The van der Waals surface area contributed by atoms with E-state index in [4.69, 9.17) is 0 Å². The number of amides is 1. The summed E-state index contributed by atoms with van der Waals surface area (Å²) in [6.07, 6.45) is 9.88. The monoisotopic (exact) mass is 491 g/mol. The molecule has 0 saturated heterocycles. The fourth-order valence-electron chi connectivity index (χ4n) is 4.42. The second-order valence-electron chi connectivity index (χ2n) is 8.79. The Balaban J connectivity index is 1.40. The second-order valence-corrected chi connectivity index (χ2v) is 8.79. The summed E-state index contributed by atoms with van der Waals surface area (Å²) in [4.78, 5) is 28.6. The third kappa shape index (κ3) is 4.31. The molecule has 182 valence electrons. The van der Waals surface area contributed by atoms with Crippen LogP contribution < -0.4 is 5.32 Å². The molecule has 0 fully saturated rings. The summed E-state index contributed by atoms with van der Waals surface area (Å²) >= 11 is 0. The number of nitrogens with zero attached hydrogens (tertiary/aromatic N) is 4. The predicted octanol–water partition coefficient (Wildman–Crippen LogP) is 6.11. The van der Waals surface area contributed by atoms with Crippen molar-refractivity contribution in [3.8, 4) is 33.6 Å². The van der Waals surface area contributed by atoms with Crippen LogP contribution in [0.25, 0.3) is 55.6 Å². The van der Waals surface area contributed by atoms with Gasteiger partial charge in [0.15, 0.2) is 5.65 Å². The van der Waals surface area contributed by atoms with Crippen LogP contribution in [0.15, 0.2) is 73.4 Å². The number of anilines is 1. The van der Waals surface area contributed by atoms with Crippen molar-refractivity contribution in [1.82, 2.24) is 30.1 Å². The van der Waals surface area contributed by atoms with Gasteiger partial charge in [0.25, 0.3) is 0 Å². The molecule has 0 unspecified atom stereocenters. The van der Waals surface area contributed by atoms with Crippen LogP contribution in [-0.2, 0) is 4.79 Å². The minimum atomic E-state index is -0.282. The topological polar surface area (TPSA) is 112 Å². The summed E-state index contributed by atoms with van der Waals surface area (Å²) < 4.78 is 13.5. The minimum absolute atomic E-state index is 0.0412. The number of fused-ring (bicyclic) bond motifs is 2. The summed E-state index contributed by atoms with van der Waals surface area (Å²) in [7, 11) is 0. The van der Waals surface area contributed by atoms with Crippen LogP contribution in [0.4, 0.5) is 10.1 Å². The molecular formula is C28H22FN7O. The molecule has 8 nitrogen and oxygen atoms in total. The summed E-state index contributed by atoms with van der Waals surface area (Å²) in [5.74, 6) is -0.324. The molecule has 0 bridgehead atoms. The zero-order valence-corrected chi connectivity index (χ0v) is 19.9. The maximum Gasteiger partial charge on any atom is 0.224 e. The number of rotatable bonds is 6. The Morgan fingerprint density at radius 2 is 1.73 bits per heavy atom. The van der Waals surface area contributed by atoms with Crippen LogP contribution in [0, 0.1) is 5.82 Å². The summed E-state index contributed by atoms with van der Waals surface area (Å²) in [6, 6.07) is 12.3. The molecule has 5 heterocycles. The fourth-order valence-corrected chi connectivity index (χ4v) is 4.42. The van der Waals surface area contributed by atoms with E-state index in [0.717, 1.165) is 56.4 Å². The van der Waals surface area contributed by atoms with E-state index >= 15 is 0 Å². The number of hydrogen-bond donors (Lipinski definition) is 3. The molecule has 5 aromatic heterocycles. The lowest BCUT2D eigenvalue weighted by Gasteiger charge is -2.07. The molecule has 9 heteroatoms. The largest absolute Gasteiger partial charge is 0.352 e. The number of hydrogen-bond acceptors (Lipinski definition) is 5. The van der Waals surface area contributed by atoms with Crippen molar-refractivity contribution in [1.29, 1.82) is 0 Å². The molecule has 6 aromatic rings. The average molecular weight is 492 g/mol. The second kappa shape index (κ2) is 9.27. The summed E-state index contributed by atoms with van der Waals surface area (Å²) in [5, 5.41) is 12.2. The third-order valence-electron chi connectivity index (χ3n) is 6.21. The highest BCUT2D eigenvalue weighted by Crippen LogP contribution is 2.34. The van der Waals surface area contributed by atoms with Crippen molar-refractivity contribution >= 4 is 33.5 Å². The molecule has 37 heavy (non-hydrogen) atoms. The number of pyridine rings is 3. The highest BCUT2D eigenvalue weighted by atomic mass is 19.1. The normalized spacial score (nSPS) is 11.3. The molecule has 1 amide bonds. The predicted molar refractivity (Wildman–Crippen MR) is 141 cm³/mol. The molecule has 0 spiro atoms. The van der Waals surface area contributed by atoms with E-state index in [1.165, 1.54) is 12.1 Å². The van der Waals surface area contributed by atoms with Gasteiger partial charge in [0.2, 0.25) is 5.91 Å². The molecule has 0 radical (unpaired) electrons. The van der Waals surface area contributed by atoms with E-state index in [9.17, 15) is 9.18 Å². The van der Waals surface area contributed by atoms with E-state index in [1.54, 1.807) is 43.1 Å². The van der Waals surface area contributed by atoms with Crippen molar-refractivity contribution in [2.45, 2.75) is 19.8 Å². The van der Waals surface area contributed by atoms with E-state index in [1.807, 2.05) is 25.1 Å². The van der Waals surface area contributed by atoms with Gasteiger partial charge in [0.1, 0.15) is 5.82 Å². The molecule has 0 saturated carbocycles. The number of aromatic nitrogens is 6. The highest BCUT2D eigenvalue weighted by Gasteiger charge is 2.15. The Morgan fingerprint density at radius 1 is 0.919 bits per heavy atom. The molecule has 0 aliphatic carbocycles. The maximum atomic E-state index is 13.5. The molecule has 3 N–H and O–H groups in total. The summed E-state index contributed by atoms with van der Waals surface area (Å²) in [5.41, 5.74) is 7.13. The standard InChI is InChI=1S/C28H22FN7O/c1-2-3-26(37)33-20-8-17(11-30-13-20)18-9-22-27(35-36-28(22)32-12-18)24-10-21-23(14-31-15-25(21)34-24)16-4-6-19(29)7-5-16/h4-15,34H,2-3H2,1H3,(H,33,37)(H,32,35,36). The Labute approximate surface area is 211 Å². The first-order valence-corrected chi connectivity index (χ1v) is 11.9. The SMILES string of the molecule is CCCC(=O)Nc1cncc(-c2cnc3n[nH]c(-c4cc5c(-c6ccc(F)cc6)cncc5[nH]4)c3c2)c1. The molecular weight excluding hydrogens is 469 g/mol. The quantitative estimate of drug-likeness (QED) is 0.260. The first kappa shape index (κ1) is 22.5. The summed E-state index contributed by atoms with van der Waals surface area (Å²) in [6.45, 7) is 1.96. The van der Waals surface area contributed by atoms with Crippen LogP contribution in [0.1, 0.15) is 19.8 Å². The van der Waals surface area contributed by atoms with Gasteiger partial charge in [-0.1, -0.05) is 19.1 Å².